The maximum Gasteiger partial charge on any atom is 0.141 e. The van der Waals surface area contributed by atoms with Gasteiger partial charge in [-0.05, 0) is 68.2 Å². The molecular formula is C23H34N2O3. The summed E-state index contributed by atoms with van der Waals surface area (Å²) < 4.78 is 0. The Balaban J connectivity index is 1.35. The average Bonchev–Trinajstić information content (AvgIpc) is 3.29. The fraction of sp³-hybridized carbons (Fsp3) is 0.870. The summed E-state index contributed by atoms with van der Waals surface area (Å²) in [5, 5.41) is 7.78. The summed E-state index contributed by atoms with van der Waals surface area (Å²) in [5.74, 6) is 2.38. The smallest absolute Gasteiger partial charge is 0.141 e. The van der Waals surface area contributed by atoms with E-state index in [4.69, 9.17) is 4.84 Å². The molecule has 5 aliphatic rings. The van der Waals surface area contributed by atoms with E-state index < -0.39 is 0 Å². The highest BCUT2D eigenvalue weighted by molar-refractivity contribution is 5.93. The molecule has 0 aromatic rings. The second-order valence-corrected chi connectivity index (χ2v) is 10.6. The van der Waals surface area contributed by atoms with Gasteiger partial charge in [-0.15, -0.1) is 0 Å². The Morgan fingerprint density at radius 2 is 1.89 bits per heavy atom. The van der Waals surface area contributed by atoms with Crippen LogP contribution in [0.25, 0.3) is 0 Å². The van der Waals surface area contributed by atoms with E-state index in [1.54, 1.807) is 0 Å². The molecule has 0 aromatic carbocycles. The van der Waals surface area contributed by atoms with Gasteiger partial charge in [0.15, 0.2) is 0 Å². The Morgan fingerprint density at radius 3 is 2.68 bits per heavy atom. The van der Waals surface area contributed by atoms with Crippen LogP contribution in [0.4, 0.5) is 0 Å². The van der Waals surface area contributed by atoms with Crippen molar-refractivity contribution in [1.29, 1.82) is 0 Å². The van der Waals surface area contributed by atoms with Crippen LogP contribution in [0.1, 0.15) is 71.6 Å². The summed E-state index contributed by atoms with van der Waals surface area (Å²) in [6, 6.07) is 0. The van der Waals surface area contributed by atoms with Gasteiger partial charge in [0.05, 0.1) is 5.71 Å². The van der Waals surface area contributed by atoms with E-state index in [1.807, 2.05) is 0 Å². The van der Waals surface area contributed by atoms with Crippen molar-refractivity contribution in [2.24, 2.45) is 39.7 Å². The van der Waals surface area contributed by atoms with Gasteiger partial charge in [-0.3, -0.25) is 9.59 Å². The molecule has 1 heterocycles. The van der Waals surface area contributed by atoms with Gasteiger partial charge in [0, 0.05) is 37.1 Å². The predicted molar refractivity (Wildman–Crippen MR) is 107 cm³/mol. The summed E-state index contributed by atoms with van der Waals surface area (Å²) in [7, 11) is 0. The molecule has 0 bridgehead atoms. The first kappa shape index (κ1) is 18.8. The van der Waals surface area contributed by atoms with Crippen LogP contribution in [-0.4, -0.2) is 36.5 Å². The SMILES string of the molecule is C[C@]12CCC(=NO[C@@H]3CCNC3)CC1C(=O)C[C@@H]1[C@H]2CC[C@]2(C)C(=O)CC[C@@H]12. The molecule has 0 aromatic heterocycles. The molecular weight excluding hydrogens is 352 g/mol. The molecule has 5 nitrogen and oxygen atoms in total. The number of carbonyl (C=O) groups excluding carboxylic acids is 2. The molecule has 0 radical (unpaired) electrons. The highest BCUT2D eigenvalue weighted by Crippen LogP contribution is 2.64. The summed E-state index contributed by atoms with van der Waals surface area (Å²) in [6.45, 7) is 6.42. The molecule has 154 valence electrons. The highest BCUT2D eigenvalue weighted by atomic mass is 16.6. The Labute approximate surface area is 168 Å². The maximum atomic E-state index is 13.3. The molecule has 5 fully saturated rings. The minimum atomic E-state index is -0.158. The van der Waals surface area contributed by atoms with Crippen LogP contribution in [0, 0.1) is 34.5 Å². The number of rotatable bonds is 2. The van der Waals surface area contributed by atoms with Crippen molar-refractivity contribution in [3.05, 3.63) is 0 Å². The van der Waals surface area contributed by atoms with Gasteiger partial charge in [-0.2, -0.15) is 0 Å². The zero-order chi connectivity index (χ0) is 19.5. The van der Waals surface area contributed by atoms with Crippen LogP contribution in [0.15, 0.2) is 5.16 Å². The first-order valence-corrected chi connectivity index (χ1v) is 11.4. The molecule has 0 spiro atoms. The third kappa shape index (κ3) is 2.72. The number of ketones is 2. The minimum absolute atomic E-state index is 0.0703. The van der Waals surface area contributed by atoms with E-state index in [1.165, 1.54) is 0 Å². The van der Waals surface area contributed by atoms with Crippen molar-refractivity contribution in [1.82, 2.24) is 5.32 Å². The van der Waals surface area contributed by atoms with Gasteiger partial charge in [0.1, 0.15) is 17.7 Å². The lowest BCUT2D eigenvalue weighted by atomic mass is 9.45. The van der Waals surface area contributed by atoms with Crippen LogP contribution in [0.2, 0.25) is 0 Å². The van der Waals surface area contributed by atoms with Crippen LogP contribution in [0.3, 0.4) is 0 Å². The van der Waals surface area contributed by atoms with Gasteiger partial charge in [-0.1, -0.05) is 19.0 Å². The second-order valence-electron chi connectivity index (χ2n) is 10.6. The lowest BCUT2D eigenvalue weighted by Gasteiger charge is -2.58. The standard InChI is InChI=1S/C23H34N2O3/c1-22-8-5-14(25-28-15-7-10-24-13-15)11-19(22)20(26)12-16-17-3-4-21(27)23(17,2)9-6-18(16)22/h15-19,24H,3-13H2,1-2H3/t15-,16+,17+,18-,19?,22-,23+/m1/s1. The van der Waals surface area contributed by atoms with Crippen molar-refractivity contribution in [2.75, 3.05) is 13.1 Å². The molecule has 4 saturated carbocycles. The molecule has 1 saturated heterocycles. The zero-order valence-corrected chi connectivity index (χ0v) is 17.3. The van der Waals surface area contributed by atoms with E-state index in [2.05, 4.69) is 24.3 Å². The summed E-state index contributed by atoms with van der Waals surface area (Å²) in [5.41, 5.74) is 0.994. The lowest BCUT2D eigenvalue weighted by Crippen LogP contribution is -2.56. The number of carbonyl (C=O) groups is 2. The third-order valence-corrected chi connectivity index (χ3v) is 9.35. The van der Waals surface area contributed by atoms with Crippen molar-refractivity contribution in [2.45, 2.75) is 77.7 Å². The van der Waals surface area contributed by atoms with Crippen LogP contribution < -0.4 is 5.32 Å². The number of Topliss-reactive ketones (excluding diaryl/α,β-unsaturated/α-hetero) is 2. The molecule has 1 aliphatic heterocycles. The molecule has 4 aliphatic carbocycles. The summed E-state index contributed by atoms with van der Waals surface area (Å²) in [4.78, 5) is 31.6. The molecule has 1 unspecified atom stereocenters. The number of fused-ring (bicyclic) bond motifs is 5. The highest BCUT2D eigenvalue weighted by Gasteiger charge is 2.62. The van der Waals surface area contributed by atoms with E-state index in [0.717, 1.165) is 70.2 Å². The van der Waals surface area contributed by atoms with Crippen molar-refractivity contribution in [3.8, 4) is 0 Å². The number of nitrogens with one attached hydrogen (secondary N) is 1. The van der Waals surface area contributed by atoms with Gasteiger partial charge in [0.2, 0.25) is 0 Å². The minimum Gasteiger partial charge on any atom is -0.391 e. The predicted octanol–water partition coefficient (Wildman–Crippen LogP) is 3.51. The lowest BCUT2D eigenvalue weighted by molar-refractivity contribution is -0.152. The van der Waals surface area contributed by atoms with E-state index in [9.17, 15) is 9.59 Å². The Hall–Kier alpha value is -1.23. The molecule has 7 atom stereocenters. The number of oxime groups is 1. The van der Waals surface area contributed by atoms with E-state index in [0.29, 0.717) is 35.7 Å². The molecule has 5 heteroatoms. The second kappa shape index (κ2) is 6.65. The van der Waals surface area contributed by atoms with Crippen molar-refractivity contribution in [3.63, 3.8) is 0 Å². The van der Waals surface area contributed by atoms with E-state index >= 15 is 0 Å². The topological polar surface area (TPSA) is 67.8 Å². The van der Waals surface area contributed by atoms with E-state index in [-0.39, 0.29) is 22.9 Å². The summed E-state index contributed by atoms with van der Waals surface area (Å²) in [6.07, 6.45) is 8.50. The average molecular weight is 387 g/mol. The van der Waals surface area contributed by atoms with Crippen LogP contribution in [-0.2, 0) is 14.4 Å². The zero-order valence-electron chi connectivity index (χ0n) is 17.3. The molecule has 1 N–H and O–H groups in total. The fourth-order valence-electron chi connectivity index (χ4n) is 7.57. The first-order chi connectivity index (χ1) is 13.4. The Bertz CT molecular complexity index is 713. The summed E-state index contributed by atoms with van der Waals surface area (Å²) >= 11 is 0. The van der Waals surface area contributed by atoms with Crippen LogP contribution in [0.5, 0.6) is 0 Å². The monoisotopic (exact) mass is 386 g/mol. The first-order valence-electron chi connectivity index (χ1n) is 11.4. The van der Waals surface area contributed by atoms with Crippen molar-refractivity contribution < 1.29 is 14.4 Å². The largest absolute Gasteiger partial charge is 0.391 e. The van der Waals surface area contributed by atoms with Gasteiger partial charge < -0.3 is 10.2 Å². The Kier molecular flexibility index (Phi) is 4.46. The molecule has 28 heavy (non-hydrogen) atoms. The number of hydrogen-bond donors (Lipinski definition) is 1. The molecule has 5 rings (SSSR count). The van der Waals surface area contributed by atoms with Gasteiger partial charge >= 0.3 is 0 Å². The third-order valence-electron chi connectivity index (χ3n) is 9.35. The molecule has 0 amide bonds. The van der Waals surface area contributed by atoms with Gasteiger partial charge in [-0.25, -0.2) is 0 Å². The fourth-order valence-corrected chi connectivity index (χ4v) is 7.57. The Morgan fingerprint density at radius 1 is 1.04 bits per heavy atom. The van der Waals surface area contributed by atoms with Crippen LogP contribution >= 0.6 is 0 Å². The normalized spacial score (nSPS) is 49.6. The van der Waals surface area contributed by atoms with Gasteiger partial charge in [0.25, 0.3) is 0 Å². The quantitative estimate of drug-likeness (QED) is 0.738. The maximum absolute atomic E-state index is 13.3. The number of hydrogen-bond acceptors (Lipinski definition) is 5. The van der Waals surface area contributed by atoms with Crippen molar-refractivity contribution >= 4 is 17.3 Å². The number of nitrogens with zero attached hydrogens (tertiary/aromatic N) is 1.